The van der Waals surface area contributed by atoms with Crippen molar-refractivity contribution in [3.05, 3.63) is 93.5 Å². The van der Waals surface area contributed by atoms with Crippen LogP contribution in [0.5, 0.6) is 0 Å². The molecule has 0 saturated carbocycles. The van der Waals surface area contributed by atoms with Crippen LogP contribution < -0.4 is 10.0 Å². The summed E-state index contributed by atoms with van der Waals surface area (Å²) in [6.07, 6.45) is 0. The quantitative estimate of drug-likeness (QED) is 0.472. The molecule has 0 bridgehead atoms. The molecule has 2 N–H and O–H groups in total. The third-order valence-electron chi connectivity index (χ3n) is 4.43. The van der Waals surface area contributed by atoms with Crippen LogP contribution in [-0.4, -0.2) is 27.4 Å². The lowest BCUT2D eigenvalue weighted by Gasteiger charge is -2.10. The topological polar surface area (TPSA) is 102 Å². The van der Waals surface area contributed by atoms with Crippen molar-refractivity contribution in [1.82, 2.24) is 5.32 Å². The maximum atomic E-state index is 12.5. The first-order chi connectivity index (χ1) is 15.2. The molecule has 0 heterocycles. The monoisotopic (exact) mass is 492 g/mol. The van der Waals surface area contributed by atoms with Crippen LogP contribution in [0.15, 0.2) is 71.6 Å². The number of carbonyl (C=O) groups excluding carboxylic acids is 2. The van der Waals surface area contributed by atoms with E-state index in [9.17, 15) is 18.0 Å². The Morgan fingerprint density at radius 1 is 0.875 bits per heavy atom. The molecule has 3 rings (SSSR count). The van der Waals surface area contributed by atoms with Gasteiger partial charge in [0, 0.05) is 17.8 Å². The summed E-state index contributed by atoms with van der Waals surface area (Å²) in [5, 5.41) is 3.14. The summed E-state index contributed by atoms with van der Waals surface area (Å²) in [5.74, 6) is -0.767. The van der Waals surface area contributed by atoms with Crippen molar-refractivity contribution in [3.8, 4) is 0 Å². The number of nitrogens with one attached hydrogen (secondary N) is 2. The van der Waals surface area contributed by atoms with Gasteiger partial charge in [-0.2, -0.15) is 0 Å². The molecular formula is C22H18Cl2N2O5S. The summed E-state index contributed by atoms with van der Waals surface area (Å²) in [6, 6.07) is 16.6. The van der Waals surface area contributed by atoms with Crippen LogP contribution in [0.4, 0.5) is 5.69 Å². The maximum Gasteiger partial charge on any atom is 0.337 e. The number of hydrogen-bond acceptors (Lipinski definition) is 5. The van der Waals surface area contributed by atoms with Gasteiger partial charge in [-0.05, 0) is 60.2 Å². The molecule has 0 aliphatic carbocycles. The largest absolute Gasteiger partial charge is 0.465 e. The van der Waals surface area contributed by atoms with E-state index in [1.165, 1.54) is 49.6 Å². The Morgan fingerprint density at radius 2 is 1.50 bits per heavy atom. The molecule has 0 saturated heterocycles. The van der Waals surface area contributed by atoms with Gasteiger partial charge in [0.1, 0.15) is 0 Å². The second-order valence-electron chi connectivity index (χ2n) is 6.63. The van der Waals surface area contributed by atoms with Crippen LogP contribution >= 0.6 is 23.2 Å². The molecule has 0 aliphatic rings. The predicted molar refractivity (Wildman–Crippen MR) is 123 cm³/mol. The van der Waals surface area contributed by atoms with E-state index in [4.69, 9.17) is 23.2 Å². The Morgan fingerprint density at radius 3 is 2.09 bits per heavy atom. The van der Waals surface area contributed by atoms with E-state index < -0.39 is 16.0 Å². The highest BCUT2D eigenvalue weighted by Gasteiger charge is 2.16. The van der Waals surface area contributed by atoms with Gasteiger partial charge in [0.2, 0.25) is 0 Å². The summed E-state index contributed by atoms with van der Waals surface area (Å²) < 4.78 is 32.1. The minimum absolute atomic E-state index is 0.0352. The Labute approximate surface area is 195 Å². The van der Waals surface area contributed by atoms with Crippen LogP contribution in [0, 0.1) is 0 Å². The van der Waals surface area contributed by atoms with E-state index in [0.717, 1.165) is 5.56 Å². The summed E-state index contributed by atoms with van der Waals surface area (Å²) in [4.78, 5) is 23.8. The molecule has 0 fully saturated rings. The molecule has 0 atom stereocenters. The van der Waals surface area contributed by atoms with Crippen LogP contribution in [-0.2, 0) is 21.3 Å². The second kappa shape index (κ2) is 10.0. The normalized spacial score (nSPS) is 11.0. The summed E-state index contributed by atoms with van der Waals surface area (Å²) in [6.45, 7) is 0.256. The number of sulfonamides is 1. The van der Waals surface area contributed by atoms with E-state index >= 15 is 0 Å². The average Bonchev–Trinajstić information content (AvgIpc) is 2.79. The van der Waals surface area contributed by atoms with E-state index in [1.807, 2.05) is 0 Å². The van der Waals surface area contributed by atoms with Gasteiger partial charge in [-0.3, -0.25) is 9.52 Å². The molecule has 1 amide bonds. The second-order valence-corrected chi connectivity index (χ2v) is 9.13. The Bertz CT molecular complexity index is 1240. The SMILES string of the molecule is COC(=O)c1ccc(CNC(=O)c2ccc(NS(=O)(=O)c3ccc(Cl)c(Cl)c3)cc2)cc1. The fraction of sp³-hybridized carbons (Fsp3) is 0.0909. The van der Waals surface area contributed by atoms with Crippen molar-refractivity contribution < 1.29 is 22.7 Å². The molecule has 0 aromatic heterocycles. The van der Waals surface area contributed by atoms with Crippen molar-refractivity contribution in [2.45, 2.75) is 11.4 Å². The zero-order valence-electron chi connectivity index (χ0n) is 16.8. The fourth-order valence-corrected chi connectivity index (χ4v) is 4.16. The molecule has 0 unspecified atom stereocenters. The van der Waals surface area contributed by atoms with Gasteiger partial charge in [0.05, 0.1) is 27.6 Å². The van der Waals surface area contributed by atoms with Crippen LogP contribution in [0.2, 0.25) is 10.0 Å². The van der Waals surface area contributed by atoms with Crippen molar-refractivity contribution >= 4 is 50.8 Å². The molecule has 3 aromatic rings. The first kappa shape index (κ1) is 23.6. The first-order valence-corrected chi connectivity index (χ1v) is 11.5. The van der Waals surface area contributed by atoms with Gasteiger partial charge in [-0.15, -0.1) is 0 Å². The van der Waals surface area contributed by atoms with Crippen LogP contribution in [0.1, 0.15) is 26.3 Å². The Balaban J connectivity index is 1.61. The van der Waals surface area contributed by atoms with Gasteiger partial charge in [-0.25, -0.2) is 13.2 Å². The first-order valence-electron chi connectivity index (χ1n) is 9.23. The minimum Gasteiger partial charge on any atom is -0.465 e. The van der Waals surface area contributed by atoms with Crippen LogP contribution in [0.3, 0.4) is 0 Å². The highest BCUT2D eigenvalue weighted by Crippen LogP contribution is 2.26. The van der Waals surface area contributed by atoms with Crippen molar-refractivity contribution in [3.63, 3.8) is 0 Å². The molecule has 10 heteroatoms. The number of halogens is 2. The molecule has 32 heavy (non-hydrogen) atoms. The predicted octanol–water partition coefficient (Wildman–Crippen LogP) is 4.51. The fourth-order valence-electron chi connectivity index (χ4n) is 2.71. The lowest BCUT2D eigenvalue weighted by atomic mass is 10.1. The molecule has 0 spiro atoms. The molecular weight excluding hydrogens is 475 g/mol. The molecule has 0 aliphatic heterocycles. The number of hydrogen-bond donors (Lipinski definition) is 2. The Kier molecular flexibility index (Phi) is 7.40. The van der Waals surface area contributed by atoms with Crippen molar-refractivity contribution in [2.24, 2.45) is 0 Å². The van der Waals surface area contributed by atoms with E-state index in [-0.39, 0.29) is 33.1 Å². The number of carbonyl (C=O) groups is 2. The van der Waals surface area contributed by atoms with E-state index in [0.29, 0.717) is 11.1 Å². The average molecular weight is 493 g/mol. The number of benzene rings is 3. The molecule has 7 nitrogen and oxygen atoms in total. The van der Waals surface area contributed by atoms with Gasteiger partial charge in [0.15, 0.2) is 0 Å². The summed E-state index contributed by atoms with van der Waals surface area (Å²) >= 11 is 11.7. The van der Waals surface area contributed by atoms with Crippen LogP contribution in [0.25, 0.3) is 0 Å². The number of rotatable bonds is 7. The zero-order valence-corrected chi connectivity index (χ0v) is 19.1. The number of esters is 1. The number of methoxy groups -OCH3 is 1. The van der Waals surface area contributed by atoms with Crippen molar-refractivity contribution in [2.75, 3.05) is 11.8 Å². The molecule has 166 valence electrons. The van der Waals surface area contributed by atoms with Gasteiger partial charge in [-0.1, -0.05) is 35.3 Å². The lowest BCUT2D eigenvalue weighted by Crippen LogP contribution is -2.22. The highest BCUT2D eigenvalue weighted by molar-refractivity contribution is 7.92. The zero-order chi connectivity index (χ0) is 23.3. The smallest absolute Gasteiger partial charge is 0.337 e. The minimum atomic E-state index is -3.87. The van der Waals surface area contributed by atoms with E-state index in [2.05, 4.69) is 14.8 Å². The molecule has 0 radical (unpaired) electrons. The summed E-state index contributed by atoms with van der Waals surface area (Å²) in [5.41, 5.74) is 1.86. The standard InChI is InChI=1S/C22H18Cl2N2O5S/c1-31-22(28)16-4-2-14(3-5-16)13-25-21(27)15-6-8-17(9-7-15)26-32(29,30)18-10-11-19(23)20(24)12-18/h2-12,26H,13H2,1H3,(H,25,27). The summed E-state index contributed by atoms with van der Waals surface area (Å²) in [7, 11) is -2.56. The third-order valence-corrected chi connectivity index (χ3v) is 6.55. The third kappa shape index (κ3) is 5.79. The molecule has 3 aromatic carbocycles. The maximum absolute atomic E-state index is 12.5. The van der Waals surface area contributed by atoms with Crippen molar-refractivity contribution in [1.29, 1.82) is 0 Å². The lowest BCUT2D eigenvalue weighted by molar-refractivity contribution is 0.0600. The number of amides is 1. The van der Waals surface area contributed by atoms with Gasteiger partial charge in [0.25, 0.3) is 15.9 Å². The number of ether oxygens (including phenoxy) is 1. The van der Waals surface area contributed by atoms with E-state index in [1.54, 1.807) is 24.3 Å². The Hall–Kier alpha value is -3.07. The van der Waals surface area contributed by atoms with Gasteiger partial charge < -0.3 is 10.1 Å². The number of anilines is 1. The van der Waals surface area contributed by atoms with Gasteiger partial charge >= 0.3 is 5.97 Å². The highest BCUT2D eigenvalue weighted by atomic mass is 35.5.